The van der Waals surface area contributed by atoms with Gasteiger partial charge in [-0.05, 0) is 37.5 Å². The predicted molar refractivity (Wildman–Crippen MR) is 50.1 cm³/mol. The van der Waals surface area contributed by atoms with Crippen molar-refractivity contribution in [2.75, 3.05) is 0 Å². The molecule has 1 saturated carbocycles. The zero-order chi connectivity index (χ0) is 9.59. The van der Waals surface area contributed by atoms with Crippen LogP contribution in [0.25, 0.3) is 0 Å². The van der Waals surface area contributed by atoms with Crippen molar-refractivity contribution >= 4 is 5.97 Å². The third-order valence-corrected chi connectivity index (χ3v) is 4.02. The number of carbonyl (C=O) groups excluding carboxylic acids is 1. The largest absolute Gasteiger partial charge is 0.462 e. The van der Waals surface area contributed by atoms with Crippen LogP contribution in [-0.2, 0) is 9.53 Å². The van der Waals surface area contributed by atoms with Crippen LogP contribution >= 0.6 is 0 Å². The van der Waals surface area contributed by atoms with Gasteiger partial charge in [-0.3, -0.25) is 4.79 Å². The minimum Gasteiger partial charge on any atom is -0.462 e. The molecule has 1 heterocycles. The fourth-order valence-electron chi connectivity index (χ4n) is 2.95. The quantitative estimate of drug-likeness (QED) is 0.537. The van der Waals surface area contributed by atoms with Crippen LogP contribution in [0.3, 0.4) is 0 Å². The van der Waals surface area contributed by atoms with E-state index < -0.39 is 0 Å². The number of fused-ring (bicyclic) bond motifs is 1. The van der Waals surface area contributed by atoms with Gasteiger partial charge in [0.15, 0.2) is 0 Å². The lowest BCUT2D eigenvalue weighted by atomic mass is 9.78. The summed E-state index contributed by atoms with van der Waals surface area (Å²) in [5, 5.41) is 0. The summed E-state index contributed by atoms with van der Waals surface area (Å²) in [6.07, 6.45) is 2.53. The second-order valence-electron chi connectivity index (χ2n) is 4.75. The molecule has 0 aromatic rings. The van der Waals surface area contributed by atoms with Gasteiger partial charge in [-0.2, -0.15) is 0 Å². The third-order valence-electron chi connectivity index (χ3n) is 4.02. The van der Waals surface area contributed by atoms with Gasteiger partial charge in [-0.25, -0.2) is 0 Å². The van der Waals surface area contributed by atoms with Crippen molar-refractivity contribution < 1.29 is 9.53 Å². The van der Waals surface area contributed by atoms with Crippen LogP contribution in [0.4, 0.5) is 0 Å². The average Bonchev–Trinajstić information content (AvgIpc) is 2.44. The zero-order valence-electron chi connectivity index (χ0n) is 8.62. The molecule has 0 aromatic carbocycles. The number of carbonyl (C=O) groups is 1. The fraction of sp³-hybridized carbons (Fsp3) is 0.909. The molecule has 2 fully saturated rings. The first-order valence-corrected chi connectivity index (χ1v) is 5.31. The van der Waals surface area contributed by atoms with Crippen LogP contribution in [0.2, 0.25) is 0 Å². The van der Waals surface area contributed by atoms with Crippen LogP contribution < -0.4 is 0 Å². The lowest BCUT2D eigenvalue weighted by Gasteiger charge is -2.36. The number of hydrogen-bond acceptors (Lipinski definition) is 2. The number of cyclic esters (lactones) is 1. The Morgan fingerprint density at radius 3 is 2.62 bits per heavy atom. The Hall–Kier alpha value is -0.530. The summed E-state index contributed by atoms with van der Waals surface area (Å²) in [4.78, 5) is 11.6. The standard InChI is InChI=1S/C11H18O2/c1-6-4-5-9-7(2)8(3)13-11(12)10(6)9/h6-10H,4-5H2,1-3H3/t6-,7-,8-,9+,10+/m0/s1. The second kappa shape index (κ2) is 3.00. The number of hydrogen-bond donors (Lipinski definition) is 0. The number of esters is 1. The van der Waals surface area contributed by atoms with Gasteiger partial charge in [0, 0.05) is 0 Å². The van der Waals surface area contributed by atoms with Crippen molar-refractivity contribution in [3.8, 4) is 0 Å². The molecule has 5 atom stereocenters. The van der Waals surface area contributed by atoms with E-state index in [1.165, 1.54) is 12.8 Å². The highest BCUT2D eigenvalue weighted by molar-refractivity contribution is 5.74. The summed E-state index contributed by atoms with van der Waals surface area (Å²) in [7, 11) is 0. The Kier molecular flexibility index (Phi) is 2.09. The van der Waals surface area contributed by atoms with Gasteiger partial charge >= 0.3 is 5.97 Å². The fourth-order valence-corrected chi connectivity index (χ4v) is 2.95. The van der Waals surface area contributed by atoms with Gasteiger partial charge in [0.2, 0.25) is 0 Å². The SMILES string of the molecule is C[C@@H]1[C@H]2CC[C@H](C)[C@H]2C(=O)O[C@H]1C. The highest BCUT2D eigenvalue weighted by Gasteiger charge is 2.47. The first-order chi connectivity index (χ1) is 6.11. The van der Waals surface area contributed by atoms with Gasteiger partial charge in [0.25, 0.3) is 0 Å². The minimum atomic E-state index is 0.0561. The molecule has 1 aliphatic heterocycles. The van der Waals surface area contributed by atoms with Crippen LogP contribution in [-0.4, -0.2) is 12.1 Å². The molecule has 0 spiro atoms. The maximum Gasteiger partial charge on any atom is 0.309 e. The highest BCUT2D eigenvalue weighted by atomic mass is 16.5. The predicted octanol–water partition coefficient (Wildman–Crippen LogP) is 2.23. The number of ether oxygens (including phenoxy) is 1. The van der Waals surface area contributed by atoms with Gasteiger partial charge in [-0.15, -0.1) is 0 Å². The molecule has 1 saturated heterocycles. The smallest absolute Gasteiger partial charge is 0.309 e. The Balaban J connectivity index is 2.21. The molecule has 0 radical (unpaired) electrons. The molecule has 13 heavy (non-hydrogen) atoms. The summed E-state index contributed by atoms with van der Waals surface area (Å²) >= 11 is 0. The molecular weight excluding hydrogens is 164 g/mol. The molecule has 2 aliphatic rings. The molecule has 2 nitrogen and oxygen atoms in total. The Bertz CT molecular complexity index is 224. The summed E-state index contributed by atoms with van der Waals surface area (Å²) in [6.45, 7) is 6.41. The monoisotopic (exact) mass is 182 g/mol. The van der Waals surface area contributed by atoms with Crippen molar-refractivity contribution in [3.05, 3.63) is 0 Å². The Morgan fingerprint density at radius 1 is 1.23 bits per heavy atom. The third kappa shape index (κ3) is 1.27. The van der Waals surface area contributed by atoms with E-state index in [0.29, 0.717) is 17.8 Å². The van der Waals surface area contributed by atoms with Crippen molar-refractivity contribution in [1.82, 2.24) is 0 Å². The molecule has 0 N–H and O–H groups in total. The average molecular weight is 182 g/mol. The topological polar surface area (TPSA) is 26.3 Å². The number of rotatable bonds is 0. The molecule has 2 heteroatoms. The molecular formula is C11H18O2. The van der Waals surface area contributed by atoms with Crippen LogP contribution in [0.15, 0.2) is 0 Å². The van der Waals surface area contributed by atoms with Gasteiger partial charge in [0.1, 0.15) is 6.10 Å². The molecule has 0 bridgehead atoms. The molecule has 0 unspecified atom stereocenters. The molecule has 74 valence electrons. The van der Waals surface area contributed by atoms with E-state index in [9.17, 15) is 4.79 Å². The normalized spacial score (nSPS) is 50.1. The summed E-state index contributed by atoms with van der Waals surface area (Å²) in [6, 6.07) is 0. The van der Waals surface area contributed by atoms with Crippen molar-refractivity contribution in [3.63, 3.8) is 0 Å². The Labute approximate surface area is 79.7 Å². The van der Waals surface area contributed by atoms with E-state index in [1.54, 1.807) is 0 Å². The van der Waals surface area contributed by atoms with Gasteiger partial charge < -0.3 is 4.74 Å². The van der Waals surface area contributed by atoms with E-state index in [4.69, 9.17) is 4.74 Å². The maximum absolute atomic E-state index is 11.6. The molecule has 1 aliphatic carbocycles. The molecule has 0 amide bonds. The maximum atomic E-state index is 11.6. The summed E-state index contributed by atoms with van der Waals surface area (Å²) < 4.78 is 5.34. The van der Waals surface area contributed by atoms with Crippen molar-refractivity contribution in [2.24, 2.45) is 23.7 Å². The first-order valence-electron chi connectivity index (χ1n) is 5.31. The lowest BCUT2D eigenvalue weighted by Crippen LogP contribution is -2.42. The molecule has 2 rings (SSSR count). The van der Waals surface area contributed by atoms with Crippen LogP contribution in [0.5, 0.6) is 0 Å². The van der Waals surface area contributed by atoms with E-state index in [0.717, 1.165) is 0 Å². The van der Waals surface area contributed by atoms with Crippen molar-refractivity contribution in [2.45, 2.75) is 39.7 Å². The van der Waals surface area contributed by atoms with E-state index >= 15 is 0 Å². The summed E-state index contributed by atoms with van der Waals surface area (Å²) in [5.41, 5.74) is 0. The second-order valence-corrected chi connectivity index (χ2v) is 4.75. The van der Waals surface area contributed by atoms with Gasteiger partial charge in [-0.1, -0.05) is 13.8 Å². The molecule has 0 aromatic heterocycles. The van der Waals surface area contributed by atoms with Crippen molar-refractivity contribution in [1.29, 1.82) is 0 Å². The minimum absolute atomic E-state index is 0.0561. The van der Waals surface area contributed by atoms with Gasteiger partial charge in [0.05, 0.1) is 5.92 Å². The first kappa shape index (κ1) is 9.04. The van der Waals surface area contributed by atoms with Crippen LogP contribution in [0.1, 0.15) is 33.6 Å². The zero-order valence-corrected chi connectivity index (χ0v) is 8.62. The summed E-state index contributed by atoms with van der Waals surface area (Å²) in [5.74, 6) is 1.93. The Morgan fingerprint density at radius 2 is 1.92 bits per heavy atom. The van der Waals surface area contributed by atoms with E-state index in [-0.39, 0.29) is 18.0 Å². The van der Waals surface area contributed by atoms with E-state index in [2.05, 4.69) is 13.8 Å². The van der Waals surface area contributed by atoms with E-state index in [1.807, 2.05) is 6.92 Å². The lowest BCUT2D eigenvalue weighted by molar-refractivity contribution is -0.169. The highest BCUT2D eigenvalue weighted by Crippen LogP contribution is 2.46. The van der Waals surface area contributed by atoms with Crippen LogP contribution in [0, 0.1) is 23.7 Å².